The zero-order valence-electron chi connectivity index (χ0n) is 14.0. The Kier molecular flexibility index (Phi) is 45.9. The molecule has 0 radical (unpaired) electrons. The Morgan fingerprint density at radius 1 is 0.688 bits per heavy atom. The predicted octanol–water partition coefficient (Wildman–Crippen LogP) is 6.94. The smallest absolute Gasteiger partial charge is 0.0391 e. The van der Waals surface area contributed by atoms with Gasteiger partial charge in [0.1, 0.15) is 0 Å². The number of rotatable bonds is 5. The molecule has 0 spiro atoms. The lowest BCUT2D eigenvalue weighted by Crippen LogP contribution is -2.09. The van der Waals surface area contributed by atoms with Gasteiger partial charge in [0.25, 0.3) is 0 Å². The molecule has 0 aliphatic heterocycles. The van der Waals surface area contributed by atoms with Gasteiger partial charge in [-0.25, -0.2) is 0 Å². The lowest BCUT2D eigenvalue weighted by Gasteiger charge is -2.20. The first-order valence-electron chi connectivity index (χ1n) is 7.76. The van der Waals surface area contributed by atoms with Crippen molar-refractivity contribution in [3.05, 3.63) is 0 Å². The van der Waals surface area contributed by atoms with Crippen LogP contribution < -0.4 is 0 Å². The van der Waals surface area contributed by atoms with Crippen molar-refractivity contribution in [3.8, 4) is 0 Å². The topological polar surface area (TPSA) is 0 Å². The van der Waals surface area contributed by atoms with Gasteiger partial charge in [-0.05, 0) is 11.8 Å². The van der Waals surface area contributed by atoms with Gasteiger partial charge in [-0.15, -0.1) is 0 Å². The summed E-state index contributed by atoms with van der Waals surface area (Å²) in [5.41, 5.74) is 0. The predicted molar refractivity (Wildman–Crippen MR) is 82.2 cm³/mol. The van der Waals surface area contributed by atoms with E-state index in [1.54, 1.807) is 0 Å². The molecule has 0 saturated carbocycles. The van der Waals surface area contributed by atoms with E-state index in [9.17, 15) is 0 Å². The maximum absolute atomic E-state index is 2.38. The Balaban J connectivity index is -0.000000103. The van der Waals surface area contributed by atoms with E-state index < -0.39 is 0 Å². The second-order valence-electron chi connectivity index (χ2n) is 3.34. The van der Waals surface area contributed by atoms with Gasteiger partial charge in [0.2, 0.25) is 0 Å². The maximum Gasteiger partial charge on any atom is -0.0391 e. The summed E-state index contributed by atoms with van der Waals surface area (Å²) in [6.45, 7) is 21.3. The molecule has 0 aromatic rings. The minimum Gasteiger partial charge on any atom is -0.0683 e. The van der Waals surface area contributed by atoms with Crippen LogP contribution in [-0.2, 0) is 0 Å². The number of hydrogen-bond acceptors (Lipinski definition) is 0. The van der Waals surface area contributed by atoms with Crippen molar-refractivity contribution in [1.82, 2.24) is 0 Å². The highest BCUT2D eigenvalue weighted by Crippen LogP contribution is 2.22. The van der Waals surface area contributed by atoms with Crippen molar-refractivity contribution >= 4 is 0 Å². The highest BCUT2D eigenvalue weighted by Gasteiger charge is 2.11. The monoisotopic (exact) mass is 232 g/mol. The largest absolute Gasteiger partial charge is 0.0683 e. The molecule has 16 heavy (non-hydrogen) atoms. The summed E-state index contributed by atoms with van der Waals surface area (Å²) >= 11 is 0. The van der Waals surface area contributed by atoms with E-state index in [-0.39, 0.29) is 0 Å². The summed E-state index contributed by atoms with van der Waals surface area (Å²) in [6, 6.07) is 0. The molecule has 0 nitrogen and oxygen atoms in total. The van der Waals surface area contributed by atoms with Crippen LogP contribution >= 0.6 is 0 Å². The average Bonchev–Trinajstić information content (AvgIpc) is 2.42. The Bertz CT molecular complexity index is 66.4. The van der Waals surface area contributed by atoms with Crippen LogP contribution in [0.4, 0.5) is 0 Å². The molecule has 0 saturated heterocycles. The van der Waals surface area contributed by atoms with E-state index in [1.165, 1.54) is 25.7 Å². The molecule has 2 unspecified atom stereocenters. The molecule has 104 valence electrons. The minimum atomic E-state index is 0.935. The van der Waals surface area contributed by atoms with Crippen LogP contribution in [0.25, 0.3) is 0 Å². The summed E-state index contributed by atoms with van der Waals surface area (Å²) in [5.74, 6) is 1.92. The van der Waals surface area contributed by atoms with Crippen molar-refractivity contribution < 1.29 is 0 Å². The van der Waals surface area contributed by atoms with Gasteiger partial charge in [-0.2, -0.15) is 0 Å². The number of hydrogen-bond donors (Lipinski definition) is 0. The van der Waals surface area contributed by atoms with E-state index in [1.807, 2.05) is 41.5 Å². The van der Waals surface area contributed by atoms with Gasteiger partial charge in [0.05, 0.1) is 0 Å². The third kappa shape index (κ3) is 19.6. The van der Waals surface area contributed by atoms with Crippen molar-refractivity contribution in [2.24, 2.45) is 11.8 Å². The first kappa shape index (κ1) is 25.0. The van der Waals surface area contributed by atoms with Crippen LogP contribution in [0.1, 0.15) is 94.9 Å². The van der Waals surface area contributed by atoms with Crippen LogP contribution in [0, 0.1) is 11.8 Å². The quantitative estimate of drug-likeness (QED) is 0.481. The fourth-order valence-corrected chi connectivity index (χ4v) is 1.60. The molecule has 0 aromatic carbocycles. The van der Waals surface area contributed by atoms with Crippen LogP contribution in [0.2, 0.25) is 0 Å². The summed E-state index contributed by atoms with van der Waals surface area (Å²) in [4.78, 5) is 0. The van der Waals surface area contributed by atoms with Gasteiger partial charge < -0.3 is 0 Å². The zero-order valence-corrected chi connectivity index (χ0v) is 14.0. The standard InChI is InChI=1S/C10H22.3C2H6/c1-5-8-10(7-3)9(4)6-2;3*1-2/h9-10H,5-8H2,1-4H3;3*1-2H3. The molecule has 0 aromatic heterocycles. The fourth-order valence-electron chi connectivity index (χ4n) is 1.60. The van der Waals surface area contributed by atoms with Crippen molar-refractivity contribution in [2.75, 3.05) is 0 Å². The summed E-state index contributed by atoms with van der Waals surface area (Å²) in [7, 11) is 0. The van der Waals surface area contributed by atoms with E-state index in [2.05, 4.69) is 27.7 Å². The Morgan fingerprint density at radius 2 is 1.06 bits per heavy atom. The van der Waals surface area contributed by atoms with Crippen LogP contribution in [0.5, 0.6) is 0 Å². The van der Waals surface area contributed by atoms with Crippen LogP contribution in [-0.4, -0.2) is 0 Å². The molecule has 2 atom stereocenters. The zero-order chi connectivity index (χ0) is 14.0. The molecular formula is C16H40. The lowest BCUT2D eigenvalue weighted by atomic mass is 9.86. The van der Waals surface area contributed by atoms with Crippen LogP contribution in [0.15, 0.2) is 0 Å². The molecular weight excluding hydrogens is 192 g/mol. The first-order valence-corrected chi connectivity index (χ1v) is 7.76. The first-order chi connectivity index (χ1) is 7.76. The van der Waals surface area contributed by atoms with Crippen molar-refractivity contribution in [1.29, 1.82) is 0 Å². The van der Waals surface area contributed by atoms with Crippen molar-refractivity contribution in [3.63, 3.8) is 0 Å². The molecule has 0 heteroatoms. The third-order valence-corrected chi connectivity index (χ3v) is 2.63. The lowest BCUT2D eigenvalue weighted by molar-refractivity contribution is 0.315. The molecule has 0 N–H and O–H groups in total. The summed E-state index contributed by atoms with van der Waals surface area (Å²) < 4.78 is 0. The summed E-state index contributed by atoms with van der Waals surface area (Å²) in [5, 5.41) is 0. The second kappa shape index (κ2) is 29.4. The van der Waals surface area contributed by atoms with Crippen molar-refractivity contribution in [2.45, 2.75) is 94.9 Å². The SMILES string of the molecule is CC.CC.CC.CCCC(CC)C(C)CC. The van der Waals surface area contributed by atoms with E-state index in [0.717, 1.165) is 11.8 Å². The minimum absolute atomic E-state index is 0.935. The Hall–Kier alpha value is 0. The van der Waals surface area contributed by atoms with Gasteiger partial charge in [-0.1, -0.05) is 94.9 Å². The fraction of sp³-hybridized carbons (Fsp3) is 1.00. The Morgan fingerprint density at radius 3 is 1.25 bits per heavy atom. The van der Waals surface area contributed by atoms with Gasteiger partial charge in [0.15, 0.2) is 0 Å². The van der Waals surface area contributed by atoms with Crippen LogP contribution in [0.3, 0.4) is 0 Å². The molecule has 0 aliphatic rings. The van der Waals surface area contributed by atoms with E-state index >= 15 is 0 Å². The summed E-state index contributed by atoms with van der Waals surface area (Å²) in [6.07, 6.45) is 5.48. The molecule has 0 heterocycles. The van der Waals surface area contributed by atoms with E-state index in [0.29, 0.717) is 0 Å². The Labute approximate surface area is 107 Å². The average molecular weight is 232 g/mol. The van der Waals surface area contributed by atoms with Gasteiger partial charge >= 0.3 is 0 Å². The highest BCUT2D eigenvalue weighted by atomic mass is 14.2. The molecule has 0 amide bonds. The maximum atomic E-state index is 2.38. The van der Waals surface area contributed by atoms with E-state index in [4.69, 9.17) is 0 Å². The van der Waals surface area contributed by atoms with Gasteiger partial charge in [-0.3, -0.25) is 0 Å². The highest BCUT2D eigenvalue weighted by molar-refractivity contribution is 4.62. The molecule has 0 bridgehead atoms. The molecule has 0 aliphatic carbocycles. The second-order valence-corrected chi connectivity index (χ2v) is 3.34. The molecule has 0 rings (SSSR count). The molecule has 0 fully saturated rings. The van der Waals surface area contributed by atoms with Gasteiger partial charge in [0, 0.05) is 0 Å². The third-order valence-electron chi connectivity index (χ3n) is 2.63. The normalized spacial score (nSPS) is 11.6.